The second-order valence-corrected chi connectivity index (χ2v) is 7.01. The molecule has 0 radical (unpaired) electrons. The molecular formula is C21H28ClN5O2. The molecule has 3 rings (SSSR count). The van der Waals surface area contributed by atoms with Crippen molar-refractivity contribution in [2.45, 2.75) is 13.5 Å². The van der Waals surface area contributed by atoms with Crippen molar-refractivity contribution in [3.63, 3.8) is 0 Å². The normalized spacial score (nSPS) is 14.7. The number of benzene rings is 1. The van der Waals surface area contributed by atoms with Crippen LogP contribution in [0.4, 0.5) is 5.82 Å². The first-order valence-corrected chi connectivity index (χ1v) is 10.1. The molecule has 1 aromatic heterocycles. The van der Waals surface area contributed by atoms with Gasteiger partial charge in [0.15, 0.2) is 17.5 Å². The van der Waals surface area contributed by atoms with Crippen molar-refractivity contribution in [2.75, 3.05) is 51.8 Å². The molecule has 7 nitrogen and oxygen atoms in total. The van der Waals surface area contributed by atoms with E-state index in [0.29, 0.717) is 29.7 Å². The zero-order chi connectivity index (χ0) is 20.6. The number of pyridine rings is 1. The van der Waals surface area contributed by atoms with Crippen LogP contribution in [0.15, 0.2) is 41.5 Å². The third kappa shape index (κ3) is 5.23. The van der Waals surface area contributed by atoms with Crippen LogP contribution in [0.1, 0.15) is 12.5 Å². The molecule has 0 atom stereocenters. The number of methoxy groups -OCH3 is 1. The molecule has 0 amide bonds. The number of anilines is 1. The van der Waals surface area contributed by atoms with Crippen LogP contribution in [0.5, 0.6) is 11.5 Å². The maximum atomic E-state index is 6.38. The zero-order valence-electron chi connectivity index (χ0n) is 17.2. The van der Waals surface area contributed by atoms with Gasteiger partial charge in [0.2, 0.25) is 0 Å². The predicted octanol–water partition coefficient (Wildman–Crippen LogP) is 3.04. The Bertz CT molecular complexity index is 823. The molecule has 0 bridgehead atoms. The summed E-state index contributed by atoms with van der Waals surface area (Å²) < 4.78 is 11.0. The summed E-state index contributed by atoms with van der Waals surface area (Å²) in [6, 6.07) is 9.84. The Morgan fingerprint density at radius 2 is 2.03 bits per heavy atom. The van der Waals surface area contributed by atoms with Gasteiger partial charge >= 0.3 is 0 Å². The predicted molar refractivity (Wildman–Crippen MR) is 117 cm³/mol. The first-order valence-electron chi connectivity index (χ1n) is 9.77. The topological polar surface area (TPSA) is 62.2 Å². The number of ether oxygens (including phenoxy) is 2. The van der Waals surface area contributed by atoms with E-state index in [2.05, 4.69) is 25.1 Å². The van der Waals surface area contributed by atoms with Crippen LogP contribution in [0, 0.1) is 0 Å². The Kier molecular flexibility index (Phi) is 7.41. The van der Waals surface area contributed by atoms with E-state index in [9.17, 15) is 0 Å². The number of aromatic nitrogens is 1. The summed E-state index contributed by atoms with van der Waals surface area (Å²) in [6.45, 7) is 6.61. The maximum Gasteiger partial charge on any atom is 0.194 e. The molecule has 156 valence electrons. The number of nitrogens with one attached hydrogen (secondary N) is 1. The average Bonchev–Trinajstić information content (AvgIpc) is 2.77. The fraction of sp³-hybridized carbons (Fsp3) is 0.429. The number of piperazine rings is 1. The van der Waals surface area contributed by atoms with Crippen molar-refractivity contribution in [1.82, 2.24) is 15.2 Å². The van der Waals surface area contributed by atoms with Crippen molar-refractivity contribution in [3.8, 4) is 11.5 Å². The van der Waals surface area contributed by atoms with Crippen molar-refractivity contribution >= 4 is 23.4 Å². The second-order valence-electron chi connectivity index (χ2n) is 6.60. The largest absolute Gasteiger partial charge is 0.493 e. The van der Waals surface area contributed by atoms with E-state index in [1.165, 1.54) is 0 Å². The first-order chi connectivity index (χ1) is 14.2. The van der Waals surface area contributed by atoms with Gasteiger partial charge in [0, 0.05) is 46.0 Å². The highest BCUT2D eigenvalue weighted by molar-refractivity contribution is 6.32. The fourth-order valence-corrected chi connectivity index (χ4v) is 3.65. The first kappa shape index (κ1) is 21.0. The van der Waals surface area contributed by atoms with Gasteiger partial charge < -0.3 is 24.6 Å². The number of halogens is 1. The summed E-state index contributed by atoms with van der Waals surface area (Å²) in [5.74, 6) is 3.10. The van der Waals surface area contributed by atoms with Gasteiger partial charge in [-0.3, -0.25) is 4.99 Å². The molecule has 8 heteroatoms. The van der Waals surface area contributed by atoms with Crippen LogP contribution >= 0.6 is 11.6 Å². The van der Waals surface area contributed by atoms with Gasteiger partial charge in [-0.15, -0.1) is 0 Å². The fourth-order valence-electron chi connectivity index (χ4n) is 3.36. The Hall–Kier alpha value is -2.67. The number of hydrogen-bond acceptors (Lipinski definition) is 5. The SMILES string of the molecule is CCOc1c(Cl)cc(CNC(=NC)N2CCN(c3ccccn3)CC2)cc1OC. The highest BCUT2D eigenvalue weighted by Gasteiger charge is 2.20. The van der Waals surface area contributed by atoms with Crippen molar-refractivity contribution in [1.29, 1.82) is 0 Å². The van der Waals surface area contributed by atoms with Gasteiger partial charge in [-0.25, -0.2) is 4.98 Å². The summed E-state index contributed by atoms with van der Waals surface area (Å²) in [5.41, 5.74) is 1.00. The minimum absolute atomic E-state index is 0.533. The lowest BCUT2D eigenvalue weighted by Crippen LogP contribution is -2.52. The van der Waals surface area contributed by atoms with E-state index in [4.69, 9.17) is 21.1 Å². The zero-order valence-corrected chi connectivity index (χ0v) is 17.9. The molecule has 1 aliphatic rings. The van der Waals surface area contributed by atoms with Crippen molar-refractivity contribution < 1.29 is 9.47 Å². The summed E-state index contributed by atoms with van der Waals surface area (Å²) in [4.78, 5) is 13.4. The molecule has 1 N–H and O–H groups in total. The smallest absolute Gasteiger partial charge is 0.194 e. The number of nitrogens with zero attached hydrogens (tertiary/aromatic N) is 4. The average molecular weight is 418 g/mol. The molecule has 1 fully saturated rings. The van der Waals surface area contributed by atoms with Crippen LogP contribution in [-0.4, -0.2) is 62.8 Å². The molecule has 0 spiro atoms. The molecule has 1 aromatic carbocycles. The van der Waals surface area contributed by atoms with Gasteiger partial charge in [-0.2, -0.15) is 0 Å². The molecule has 0 saturated carbocycles. The molecule has 29 heavy (non-hydrogen) atoms. The third-order valence-corrected chi connectivity index (χ3v) is 5.07. The standard InChI is InChI=1S/C21H28ClN5O2/c1-4-29-20-17(22)13-16(14-18(20)28-3)15-25-21(23-2)27-11-9-26(10-12-27)19-7-5-6-8-24-19/h5-8,13-14H,4,9-12,15H2,1-3H3,(H,23,25). The van der Waals surface area contributed by atoms with Gasteiger partial charge in [0.05, 0.1) is 18.7 Å². The maximum absolute atomic E-state index is 6.38. The summed E-state index contributed by atoms with van der Waals surface area (Å²) >= 11 is 6.38. The number of guanidine groups is 1. The number of aliphatic imine (C=N–C) groups is 1. The highest BCUT2D eigenvalue weighted by Crippen LogP contribution is 2.36. The Balaban J connectivity index is 1.59. The molecule has 0 unspecified atom stereocenters. The van der Waals surface area contributed by atoms with E-state index in [-0.39, 0.29) is 0 Å². The molecule has 1 aliphatic heterocycles. The minimum atomic E-state index is 0.533. The lowest BCUT2D eigenvalue weighted by molar-refractivity contribution is 0.311. The summed E-state index contributed by atoms with van der Waals surface area (Å²) in [7, 11) is 3.42. The quantitative estimate of drug-likeness (QED) is 0.575. The van der Waals surface area contributed by atoms with Gasteiger partial charge in [0.1, 0.15) is 5.82 Å². The Morgan fingerprint density at radius 3 is 2.66 bits per heavy atom. The van der Waals surface area contributed by atoms with Crippen molar-refractivity contribution in [3.05, 3.63) is 47.1 Å². The van der Waals surface area contributed by atoms with Crippen LogP contribution in [0.3, 0.4) is 0 Å². The van der Waals surface area contributed by atoms with Crippen LogP contribution in [0.25, 0.3) is 0 Å². The molecular weight excluding hydrogens is 390 g/mol. The lowest BCUT2D eigenvalue weighted by Gasteiger charge is -2.37. The summed E-state index contributed by atoms with van der Waals surface area (Å²) in [6.07, 6.45) is 1.83. The molecule has 1 saturated heterocycles. The number of hydrogen-bond donors (Lipinski definition) is 1. The lowest BCUT2D eigenvalue weighted by atomic mass is 10.2. The second kappa shape index (κ2) is 10.2. The van der Waals surface area contributed by atoms with Gasteiger partial charge in [0.25, 0.3) is 0 Å². The number of rotatable bonds is 6. The van der Waals surface area contributed by atoms with Crippen LogP contribution < -0.4 is 19.7 Å². The van der Waals surface area contributed by atoms with E-state index < -0.39 is 0 Å². The van der Waals surface area contributed by atoms with Gasteiger partial charge in [-0.1, -0.05) is 17.7 Å². The summed E-state index contributed by atoms with van der Waals surface area (Å²) in [5, 5.41) is 3.97. The third-order valence-electron chi connectivity index (χ3n) is 4.79. The highest BCUT2D eigenvalue weighted by atomic mass is 35.5. The van der Waals surface area contributed by atoms with E-state index >= 15 is 0 Å². The van der Waals surface area contributed by atoms with Crippen molar-refractivity contribution in [2.24, 2.45) is 4.99 Å². The Labute approximate surface area is 177 Å². The molecule has 2 aromatic rings. The minimum Gasteiger partial charge on any atom is -0.493 e. The van der Waals surface area contributed by atoms with Gasteiger partial charge in [-0.05, 0) is 36.8 Å². The van der Waals surface area contributed by atoms with E-state index in [1.807, 2.05) is 43.5 Å². The monoisotopic (exact) mass is 417 g/mol. The van der Waals surface area contributed by atoms with Crippen LogP contribution in [0.2, 0.25) is 5.02 Å². The Morgan fingerprint density at radius 1 is 1.24 bits per heavy atom. The molecule has 0 aliphatic carbocycles. The van der Waals surface area contributed by atoms with E-state index in [1.54, 1.807) is 14.2 Å². The molecule has 2 heterocycles. The van der Waals surface area contributed by atoms with Crippen LogP contribution in [-0.2, 0) is 6.54 Å². The van der Waals surface area contributed by atoms with E-state index in [0.717, 1.165) is 43.5 Å².